The van der Waals surface area contributed by atoms with Gasteiger partial charge in [-0.1, -0.05) is 157 Å². The highest BCUT2D eigenvalue weighted by molar-refractivity contribution is 6.17. The first-order valence-electron chi connectivity index (χ1n) is 32.6. The van der Waals surface area contributed by atoms with Crippen molar-refractivity contribution < 1.29 is 42.5 Å². The highest BCUT2D eigenvalue weighted by Gasteiger charge is 2.22. The van der Waals surface area contributed by atoms with E-state index in [-0.39, 0.29) is 11.1 Å². The van der Waals surface area contributed by atoms with Crippen LogP contribution in [0.2, 0.25) is 0 Å². The maximum Gasteiger partial charge on any atom is 0.0646 e. The molecule has 0 atom stereocenters. The summed E-state index contributed by atoms with van der Waals surface area (Å²) in [5.74, 6) is 0. The summed E-state index contributed by atoms with van der Waals surface area (Å²) < 4.78 is 285. The van der Waals surface area contributed by atoms with Crippen molar-refractivity contribution in [2.24, 2.45) is 0 Å². The van der Waals surface area contributed by atoms with Gasteiger partial charge in [0.2, 0.25) is 0 Å². The molecule has 0 saturated carbocycles. The Morgan fingerprint density at radius 2 is 0.789 bits per heavy atom. The molecular formula is C54H35N3. The monoisotopic (exact) mass is 756 g/mol. The largest absolute Gasteiger partial charge is 0.309 e. The average molecular weight is 757 g/mol. The second-order valence-corrected chi connectivity index (χ2v) is 12.6. The van der Waals surface area contributed by atoms with E-state index in [1.807, 2.05) is 0 Å². The fourth-order valence-electron chi connectivity index (χ4n) is 7.49. The third kappa shape index (κ3) is 4.66. The van der Waals surface area contributed by atoms with Crippen molar-refractivity contribution in [3.63, 3.8) is 0 Å². The number of benzene rings is 9. The van der Waals surface area contributed by atoms with E-state index in [2.05, 4.69) is 0 Å². The third-order valence-corrected chi connectivity index (χ3v) is 9.73. The van der Waals surface area contributed by atoms with Crippen LogP contribution in [0.3, 0.4) is 0 Å². The van der Waals surface area contributed by atoms with E-state index in [1.54, 1.807) is 0 Å². The molecule has 0 bridgehead atoms. The van der Waals surface area contributed by atoms with Crippen LogP contribution in [-0.4, -0.2) is 13.7 Å². The Balaban J connectivity index is 1.35. The second kappa shape index (κ2) is 12.5. The lowest BCUT2D eigenvalue weighted by Crippen LogP contribution is -2.01. The molecule has 3 nitrogen and oxygen atoms in total. The van der Waals surface area contributed by atoms with Crippen LogP contribution in [0.5, 0.6) is 0 Å². The number of hydrogen-bond acceptors (Lipinski definition) is 0. The fourth-order valence-corrected chi connectivity index (χ4v) is 7.49. The summed E-state index contributed by atoms with van der Waals surface area (Å²) in [6.07, 6.45) is 0. The van der Waals surface area contributed by atoms with E-state index in [4.69, 9.17) is 27.4 Å². The van der Waals surface area contributed by atoms with Crippen molar-refractivity contribution >= 4 is 65.4 Å². The molecule has 9 aromatic carbocycles. The van der Waals surface area contributed by atoms with E-state index in [1.165, 1.54) is 18.2 Å². The van der Waals surface area contributed by atoms with Crippen molar-refractivity contribution in [2.75, 3.05) is 0 Å². The predicted octanol–water partition coefficient (Wildman–Crippen LogP) is 14.3. The van der Waals surface area contributed by atoms with Crippen molar-refractivity contribution in [1.82, 2.24) is 13.7 Å². The Bertz CT molecular complexity index is 5120. The highest BCUT2D eigenvalue weighted by Crippen LogP contribution is 2.44. The molecule has 12 aromatic rings. The molecule has 0 spiro atoms. The maximum atomic E-state index is 10.2. The van der Waals surface area contributed by atoms with Crippen LogP contribution in [0.15, 0.2) is 212 Å². The summed E-state index contributed by atoms with van der Waals surface area (Å²) in [6, 6.07) is -22.7. The number of nitrogens with zero attached hydrogens (tertiary/aromatic N) is 3. The first kappa shape index (κ1) is 13.8. The van der Waals surface area contributed by atoms with Crippen molar-refractivity contribution in [3.05, 3.63) is 212 Å². The molecule has 3 heterocycles. The van der Waals surface area contributed by atoms with E-state index < -0.39 is 281 Å². The van der Waals surface area contributed by atoms with Crippen molar-refractivity contribution in [3.8, 4) is 39.3 Å². The molecule has 0 unspecified atom stereocenters. The Morgan fingerprint density at radius 1 is 0.333 bits per heavy atom. The predicted molar refractivity (Wildman–Crippen MR) is 240 cm³/mol. The normalized spacial score (nSPS) is 19.5. The quantitative estimate of drug-likeness (QED) is 0.166. The standard InChI is InChI=1S/C54H35N3/c1-3-17-36(18-4-1)39-25-15-26-40(37-19-5-2-6-20-37)54(39)57-48-29-13-9-23-43(48)45-35-38(33-34-50(45)57)55-49-30-14-10-24-44(49)53-51(55)31-16-32-52(53)56-46-27-11-7-21-41(46)42-22-8-12-28-47(42)56/h1-35H/i1D,2D,3D,4D,5D,6D,7D,8D,9D,10D,11D,12D,13D,14D,16D,17D,18D,19D,20D,21D,22D,23D,24D,27D,28D,29D,30D,31D,32D,33D,34D. The zero-order chi connectivity index (χ0) is 64.4. The molecule has 0 aliphatic rings. The molecule has 0 aliphatic carbocycles. The lowest BCUT2D eigenvalue weighted by molar-refractivity contribution is 1.16. The van der Waals surface area contributed by atoms with Crippen LogP contribution in [0.1, 0.15) is 42.5 Å². The zero-order valence-electron chi connectivity index (χ0n) is 59.7. The van der Waals surface area contributed by atoms with Gasteiger partial charge in [0.1, 0.15) is 0 Å². The number of hydrogen-bond donors (Lipinski definition) is 0. The molecule has 3 heteroatoms. The SMILES string of the molecule is [2H]c1c([2H])c([2H])c(-c2cccc(-c3c([2H])c([2H])c([2H])c([2H])c3[2H])c2-n2c3c([2H])c([2H])c(-n4c5c([2H])c([2H])c([2H])c([2H])c5c5c(-n6c7c([2H])c([2H])c([2H])c([2H])c7c7c([2H])c([2H])c([2H])c([2H])c76)c([2H])c([2H])c([2H])c54)cc3c3c([2H])c([2H])c([2H])c([2H])c32)c([2H])c1[2H]. The molecule has 266 valence electrons. The van der Waals surface area contributed by atoms with E-state index >= 15 is 0 Å². The van der Waals surface area contributed by atoms with E-state index in [0.29, 0.717) is 0 Å². The lowest BCUT2D eigenvalue weighted by Gasteiger charge is -2.19. The summed E-state index contributed by atoms with van der Waals surface area (Å²) >= 11 is 0. The molecule has 0 saturated heterocycles. The minimum Gasteiger partial charge on any atom is -0.309 e. The average Bonchev–Trinajstić information content (AvgIpc) is 1.52. The summed E-state index contributed by atoms with van der Waals surface area (Å²) in [5.41, 5.74) is -7.39. The molecule has 57 heavy (non-hydrogen) atoms. The minimum atomic E-state index is -1.02. The van der Waals surface area contributed by atoms with Crippen LogP contribution in [0, 0.1) is 0 Å². The van der Waals surface area contributed by atoms with E-state index in [9.17, 15) is 15.1 Å². The van der Waals surface area contributed by atoms with Gasteiger partial charge >= 0.3 is 0 Å². The molecule has 0 N–H and O–H groups in total. The van der Waals surface area contributed by atoms with Crippen LogP contribution < -0.4 is 0 Å². The summed E-state index contributed by atoms with van der Waals surface area (Å²) in [5, 5.41) is -3.07. The first-order valence-corrected chi connectivity index (χ1v) is 17.1. The van der Waals surface area contributed by atoms with Gasteiger partial charge in [0.15, 0.2) is 0 Å². The minimum absolute atomic E-state index is 0.388. The van der Waals surface area contributed by atoms with Gasteiger partial charge in [0.25, 0.3) is 0 Å². The van der Waals surface area contributed by atoms with Gasteiger partial charge in [-0.05, 0) is 65.5 Å². The van der Waals surface area contributed by atoms with Crippen LogP contribution in [-0.2, 0) is 0 Å². The van der Waals surface area contributed by atoms with Crippen LogP contribution >= 0.6 is 0 Å². The summed E-state index contributed by atoms with van der Waals surface area (Å²) in [7, 11) is 0. The van der Waals surface area contributed by atoms with Crippen molar-refractivity contribution in [2.45, 2.75) is 0 Å². The number of aromatic nitrogens is 3. The molecule has 12 rings (SSSR count). The zero-order valence-corrected chi connectivity index (χ0v) is 28.7. The van der Waals surface area contributed by atoms with Gasteiger partial charge in [0.05, 0.1) is 87.0 Å². The molecule has 0 amide bonds. The molecule has 0 fully saturated rings. The van der Waals surface area contributed by atoms with Gasteiger partial charge in [-0.2, -0.15) is 0 Å². The maximum absolute atomic E-state index is 10.2. The van der Waals surface area contributed by atoms with Gasteiger partial charge < -0.3 is 13.7 Å². The first-order chi connectivity index (χ1) is 41.2. The number of rotatable bonds is 5. The van der Waals surface area contributed by atoms with Crippen molar-refractivity contribution in [1.29, 1.82) is 0 Å². The van der Waals surface area contributed by atoms with Crippen LogP contribution in [0.25, 0.3) is 105 Å². The lowest BCUT2D eigenvalue weighted by atomic mass is 9.95. The van der Waals surface area contributed by atoms with Crippen LogP contribution in [0.4, 0.5) is 0 Å². The molecule has 0 radical (unpaired) electrons. The number of para-hydroxylation sites is 5. The van der Waals surface area contributed by atoms with E-state index in [0.717, 1.165) is 19.8 Å². The Labute approximate surface area is 373 Å². The van der Waals surface area contributed by atoms with Gasteiger partial charge in [-0.25, -0.2) is 0 Å². The fraction of sp³-hybridized carbons (Fsp3) is 0. The number of fused-ring (bicyclic) bond motifs is 9. The Kier molecular flexibility index (Phi) is 3.02. The van der Waals surface area contributed by atoms with Gasteiger partial charge in [-0.3, -0.25) is 0 Å². The van der Waals surface area contributed by atoms with Gasteiger partial charge in [-0.15, -0.1) is 0 Å². The topological polar surface area (TPSA) is 14.8 Å². The second-order valence-electron chi connectivity index (χ2n) is 12.6. The Hall–Kier alpha value is -7.62. The molecular weight excluding hydrogens is 691 g/mol. The molecule has 0 aliphatic heterocycles. The third-order valence-electron chi connectivity index (χ3n) is 9.73. The summed E-state index contributed by atoms with van der Waals surface area (Å²) in [6.45, 7) is 0. The van der Waals surface area contributed by atoms with Gasteiger partial charge in [0, 0.05) is 49.1 Å². The smallest absolute Gasteiger partial charge is 0.0646 e. The Morgan fingerprint density at radius 3 is 1.39 bits per heavy atom. The summed E-state index contributed by atoms with van der Waals surface area (Å²) in [4.78, 5) is 0. The highest BCUT2D eigenvalue weighted by atomic mass is 15.0. The molecule has 3 aromatic heterocycles.